The Balaban J connectivity index is 1.61. The first-order valence-electron chi connectivity index (χ1n) is 13.4. The van der Waals surface area contributed by atoms with E-state index < -0.39 is 29.2 Å². The van der Waals surface area contributed by atoms with Gasteiger partial charge in [0.25, 0.3) is 0 Å². The number of nitrogens with one attached hydrogen (secondary N) is 2. The minimum atomic E-state index is -1.28. The molecule has 2 aromatic rings. The number of amides is 2. The fourth-order valence-electron chi connectivity index (χ4n) is 6.46. The molecule has 4 unspecified atom stereocenters. The van der Waals surface area contributed by atoms with Crippen molar-refractivity contribution in [1.82, 2.24) is 14.6 Å². The van der Waals surface area contributed by atoms with Gasteiger partial charge in [-0.2, -0.15) is 0 Å². The molecule has 0 aromatic heterocycles. The number of ether oxygens (including phenoxy) is 1. The number of carbonyl (C=O) groups excluding carboxylic acids is 2. The van der Waals surface area contributed by atoms with E-state index in [0.29, 0.717) is 38.4 Å². The van der Waals surface area contributed by atoms with E-state index in [9.17, 15) is 9.59 Å². The van der Waals surface area contributed by atoms with Gasteiger partial charge in [-0.15, -0.1) is 0 Å². The third kappa shape index (κ3) is 5.12. The molecule has 0 bridgehead atoms. The average molecular weight is 622 g/mol. The molecule has 2 N–H and O–H groups in total. The Kier molecular flexibility index (Phi) is 8.10. The van der Waals surface area contributed by atoms with Crippen LogP contribution in [0.15, 0.2) is 46.9 Å². The van der Waals surface area contributed by atoms with Gasteiger partial charge in [0, 0.05) is 43.8 Å². The number of hydrogen-bond acceptors (Lipinski definition) is 5. The summed E-state index contributed by atoms with van der Waals surface area (Å²) in [6.07, 6.45) is 0.516. The smallest absolute Gasteiger partial charge is 0.239 e. The van der Waals surface area contributed by atoms with E-state index in [1.807, 2.05) is 24.3 Å². The van der Waals surface area contributed by atoms with Gasteiger partial charge in [-0.3, -0.25) is 14.5 Å². The molecule has 0 saturated carbocycles. The highest BCUT2D eigenvalue weighted by Gasteiger charge is 2.69. The highest BCUT2D eigenvalue weighted by Crippen LogP contribution is 2.60. The number of halogens is 3. The van der Waals surface area contributed by atoms with E-state index in [4.69, 9.17) is 16.5 Å². The zero-order valence-corrected chi connectivity index (χ0v) is 24.8. The molecule has 7 nitrogen and oxygen atoms in total. The number of nitrogens with zero attached hydrogens (tertiary/aromatic N) is 2. The van der Waals surface area contributed by atoms with Crippen LogP contribution in [0.5, 0.6) is 0 Å². The zero-order valence-electron chi connectivity index (χ0n) is 22.5. The van der Waals surface area contributed by atoms with Crippen LogP contribution in [-0.2, 0) is 19.7 Å². The Morgan fingerprint density at radius 1 is 1.21 bits per heavy atom. The van der Waals surface area contributed by atoms with Crippen molar-refractivity contribution in [2.24, 2.45) is 5.41 Å². The van der Waals surface area contributed by atoms with Crippen LogP contribution in [0.2, 0.25) is 0 Å². The molecule has 2 saturated heterocycles. The number of benzene rings is 2. The van der Waals surface area contributed by atoms with Crippen molar-refractivity contribution in [3.05, 3.63) is 63.9 Å². The van der Waals surface area contributed by atoms with Crippen molar-refractivity contribution in [3.8, 4) is 0 Å². The Morgan fingerprint density at radius 2 is 1.92 bits per heavy atom. The largest absolute Gasteiger partial charge is 0.379 e. The first-order chi connectivity index (χ1) is 18.6. The zero-order chi connectivity index (χ0) is 27.9. The molecule has 39 heavy (non-hydrogen) atoms. The fourth-order valence-corrected chi connectivity index (χ4v) is 7.27. The molecule has 4 atom stereocenters. The van der Waals surface area contributed by atoms with Crippen LogP contribution in [0, 0.1) is 11.2 Å². The first kappa shape index (κ1) is 28.5. The number of para-hydroxylation sites is 1. The van der Waals surface area contributed by atoms with Gasteiger partial charge in [0.15, 0.2) is 0 Å². The highest BCUT2D eigenvalue weighted by atomic mass is 79.9. The predicted octanol–water partition coefficient (Wildman–Crippen LogP) is 4.65. The Hall–Kier alpha value is -2.04. The van der Waals surface area contributed by atoms with Gasteiger partial charge in [-0.05, 0) is 62.8 Å². The summed E-state index contributed by atoms with van der Waals surface area (Å²) in [5.41, 5.74) is 0.180. The molecule has 210 valence electrons. The third-order valence-electron chi connectivity index (χ3n) is 8.11. The summed E-state index contributed by atoms with van der Waals surface area (Å²) in [6, 6.07) is 10.9. The summed E-state index contributed by atoms with van der Waals surface area (Å²) in [6.45, 7) is 10.3. The number of morpholine rings is 1. The number of rotatable bonds is 6. The van der Waals surface area contributed by atoms with Crippen molar-refractivity contribution in [2.45, 2.75) is 50.6 Å². The predicted molar refractivity (Wildman–Crippen MR) is 153 cm³/mol. The maximum atomic E-state index is 15.9. The average Bonchev–Trinajstić information content (AvgIpc) is 3.32. The van der Waals surface area contributed by atoms with Gasteiger partial charge in [0.05, 0.1) is 17.7 Å². The minimum Gasteiger partial charge on any atom is -0.379 e. The summed E-state index contributed by atoms with van der Waals surface area (Å²) in [5.74, 6) is -1.95. The molecule has 2 amide bonds. The normalized spacial score (nSPS) is 27.5. The summed E-state index contributed by atoms with van der Waals surface area (Å²) in [4.78, 5) is 30.4. The molecule has 0 aliphatic carbocycles. The van der Waals surface area contributed by atoms with Gasteiger partial charge in [0.1, 0.15) is 17.3 Å². The fraction of sp³-hybridized carbons (Fsp3) is 0.517. The standard InChI is InChI=1S/C29H35BrClFN4O3/c1-28(2,3)17-22-29(19-8-4-5-10-21(19)34-27(29)38)23(18-7-6-9-20(30)24(18)32)25(36(22)31)26(37)33-11-12-35-13-15-39-16-14-35/h4-10,22-23,25H,11-17H2,1-3H3,(H,33,37)(H,34,38). The maximum Gasteiger partial charge on any atom is 0.239 e. The van der Waals surface area contributed by atoms with Crippen LogP contribution in [0.4, 0.5) is 10.1 Å². The summed E-state index contributed by atoms with van der Waals surface area (Å²) >= 11 is 10.5. The van der Waals surface area contributed by atoms with Crippen molar-refractivity contribution in [3.63, 3.8) is 0 Å². The Bertz CT molecular complexity index is 1250. The van der Waals surface area contributed by atoms with E-state index >= 15 is 4.39 Å². The monoisotopic (exact) mass is 620 g/mol. The number of anilines is 1. The van der Waals surface area contributed by atoms with Gasteiger partial charge in [-0.1, -0.05) is 51.1 Å². The molecule has 2 aromatic carbocycles. The molecule has 10 heteroatoms. The lowest BCUT2D eigenvalue weighted by atomic mass is 9.62. The van der Waals surface area contributed by atoms with Crippen LogP contribution in [0.25, 0.3) is 0 Å². The molecule has 1 spiro atoms. The van der Waals surface area contributed by atoms with Crippen LogP contribution >= 0.6 is 27.7 Å². The van der Waals surface area contributed by atoms with Crippen LogP contribution in [0.1, 0.15) is 44.2 Å². The first-order valence-corrected chi connectivity index (χ1v) is 14.6. The molecule has 3 aliphatic rings. The Morgan fingerprint density at radius 3 is 2.64 bits per heavy atom. The van der Waals surface area contributed by atoms with E-state index in [-0.39, 0.29) is 27.3 Å². The number of hydrogen-bond donors (Lipinski definition) is 2. The molecule has 0 radical (unpaired) electrons. The van der Waals surface area contributed by atoms with Crippen molar-refractivity contribution in [2.75, 3.05) is 44.7 Å². The Labute approximate surface area is 242 Å². The second-order valence-electron chi connectivity index (χ2n) is 11.8. The van der Waals surface area contributed by atoms with Crippen LogP contribution in [-0.4, -0.2) is 72.6 Å². The molecular weight excluding hydrogens is 587 g/mol. The molecule has 3 heterocycles. The second-order valence-corrected chi connectivity index (χ2v) is 13.0. The highest BCUT2D eigenvalue weighted by molar-refractivity contribution is 9.10. The summed E-state index contributed by atoms with van der Waals surface area (Å²) < 4.78 is 23.1. The van der Waals surface area contributed by atoms with Crippen LogP contribution in [0.3, 0.4) is 0 Å². The lowest BCUT2D eigenvalue weighted by molar-refractivity contribution is -0.125. The van der Waals surface area contributed by atoms with E-state index in [0.717, 1.165) is 18.7 Å². The van der Waals surface area contributed by atoms with E-state index in [1.54, 1.807) is 18.2 Å². The molecule has 2 fully saturated rings. The third-order valence-corrected chi connectivity index (χ3v) is 9.17. The molecule has 5 rings (SSSR count). The van der Waals surface area contributed by atoms with Crippen LogP contribution < -0.4 is 10.6 Å². The molecule has 3 aliphatic heterocycles. The molecular formula is C29H35BrClFN4O3. The lowest BCUT2D eigenvalue weighted by Crippen LogP contribution is -2.49. The maximum absolute atomic E-state index is 15.9. The summed E-state index contributed by atoms with van der Waals surface area (Å²) in [5, 5.41) is 6.09. The van der Waals surface area contributed by atoms with Crippen molar-refractivity contribution in [1.29, 1.82) is 0 Å². The second kappa shape index (κ2) is 11.1. The van der Waals surface area contributed by atoms with Gasteiger partial charge >= 0.3 is 0 Å². The van der Waals surface area contributed by atoms with E-state index in [2.05, 4.69) is 52.2 Å². The minimum absolute atomic E-state index is 0.231. The number of fused-ring (bicyclic) bond motifs is 2. The van der Waals surface area contributed by atoms with Gasteiger partial charge in [-0.25, -0.2) is 8.81 Å². The van der Waals surface area contributed by atoms with Crippen molar-refractivity contribution >= 4 is 45.2 Å². The SMILES string of the molecule is CC(C)(C)CC1N(Cl)C(C(=O)NCCN2CCOCC2)C(c2cccc(Br)c2F)C12C(=O)Nc1ccccc12. The van der Waals surface area contributed by atoms with Gasteiger partial charge in [0.2, 0.25) is 11.8 Å². The number of carbonyl (C=O) groups is 2. The topological polar surface area (TPSA) is 73.9 Å². The summed E-state index contributed by atoms with van der Waals surface area (Å²) in [7, 11) is 0. The quantitative estimate of drug-likeness (QED) is 0.460. The van der Waals surface area contributed by atoms with E-state index in [1.165, 1.54) is 4.42 Å². The van der Waals surface area contributed by atoms with Gasteiger partial charge < -0.3 is 15.4 Å². The lowest BCUT2D eigenvalue weighted by Gasteiger charge is -2.38. The van der Waals surface area contributed by atoms with Crippen molar-refractivity contribution < 1.29 is 18.7 Å².